The Morgan fingerprint density at radius 3 is 2.57 bits per heavy atom. The second-order valence-corrected chi connectivity index (χ2v) is 6.46. The van der Waals surface area contributed by atoms with Gasteiger partial charge >= 0.3 is 0 Å². The summed E-state index contributed by atoms with van der Waals surface area (Å²) in [6.07, 6.45) is 1.01. The highest BCUT2D eigenvalue weighted by molar-refractivity contribution is 5.90. The van der Waals surface area contributed by atoms with Crippen molar-refractivity contribution in [3.05, 3.63) is 34.6 Å². The quantitative estimate of drug-likeness (QED) is 0.714. The summed E-state index contributed by atoms with van der Waals surface area (Å²) in [4.78, 5) is 11.7. The summed E-state index contributed by atoms with van der Waals surface area (Å²) in [6, 6.07) is 7.50. The van der Waals surface area contributed by atoms with Crippen molar-refractivity contribution in [2.45, 2.75) is 27.2 Å². The van der Waals surface area contributed by atoms with E-state index in [1.54, 1.807) is 0 Å². The Hall–Kier alpha value is -1.88. The number of nitrogens with one attached hydrogen (secondary N) is 3. The fourth-order valence-electron chi connectivity index (χ4n) is 2.13. The second kappa shape index (κ2) is 6.72. The molecule has 21 heavy (non-hydrogen) atoms. The zero-order valence-corrected chi connectivity index (χ0v) is 13.0. The highest BCUT2D eigenvalue weighted by atomic mass is 16.1. The van der Waals surface area contributed by atoms with Gasteiger partial charge in [-0.05, 0) is 31.0 Å². The normalized spacial score (nSPS) is 11.8. The van der Waals surface area contributed by atoms with E-state index in [9.17, 15) is 4.79 Å². The van der Waals surface area contributed by atoms with E-state index in [0.29, 0.717) is 10.8 Å². The third-order valence-corrected chi connectivity index (χ3v) is 3.17. The van der Waals surface area contributed by atoms with Crippen molar-refractivity contribution in [2.24, 2.45) is 5.41 Å². The van der Waals surface area contributed by atoms with E-state index >= 15 is 0 Å². The molecule has 3 N–H and O–H groups in total. The van der Waals surface area contributed by atoms with Crippen molar-refractivity contribution in [1.29, 1.82) is 0 Å². The molecule has 1 aromatic carbocycles. The maximum atomic E-state index is 11.7. The van der Waals surface area contributed by atoms with Gasteiger partial charge in [0.25, 0.3) is 5.56 Å². The third kappa shape index (κ3) is 4.56. The molecule has 5 heteroatoms. The van der Waals surface area contributed by atoms with Gasteiger partial charge in [0.2, 0.25) is 0 Å². The molecule has 1 aromatic heterocycles. The fraction of sp³-hybridized carbons (Fsp3) is 0.500. The Balaban J connectivity index is 1.87. The molecule has 0 saturated carbocycles. The minimum atomic E-state index is -0.150. The van der Waals surface area contributed by atoms with Crippen molar-refractivity contribution >= 4 is 16.6 Å². The van der Waals surface area contributed by atoms with Gasteiger partial charge in [-0.2, -0.15) is 5.10 Å². The number of rotatable bonds is 6. The minimum absolute atomic E-state index is 0.150. The molecule has 0 radical (unpaired) electrons. The number of fused-ring (bicyclic) bond motifs is 1. The predicted octanol–water partition coefficient (Wildman–Crippen LogP) is 2.36. The Morgan fingerprint density at radius 1 is 1.14 bits per heavy atom. The van der Waals surface area contributed by atoms with E-state index in [-0.39, 0.29) is 5.56 Å². The standard InChI is InChI=1S/C16H24N4O/c1-16(2,3)11-17-9-6-10-18-14-12-7-4-5-8-13(12)15(21)20-19-14/h4-5,7-8,17H,6,9-11H2,1-3H3,(H,18,19)(H,20,21). The summed E-state index contributed by atoms with van der Waals surface area (Å²) in [7, 11) is 0. The van der Waals surface area contributed by atoms with E-state index in [1.165, 1.54) is 0 Å². The molecule has 0 atom stereocenters. The zero-order chi connectivity index (χ0) is 15.3. The summed E-state index contributed by atoms with van der Waals surface area (Å²) in [5.74, 6) is 0.737. The van der Waals surface area contributed by atoms with Crippen LogP contribution in [0.25, 0.3) is 10.8 Å². The molecule has 0 aliphatic rings. The largest absolute Gasteiger partial charge is 0.368 e. The zero-order valence-electron chi connectivity index (χ0n) is 13.0. The molecule has 2 aromatic rings. The van der Waals surface area contributed by atoms with Crippen LogP contribution in [0.5, 0.6) is 0 Å². The Kier molecular flexibility index (Phi) is 4.96. The van der Waals surface area contributed by atoms with Gasteiger partial charge in [0.15, 0.2) is 5.82 Å². The van der Waals surface area contributed by atoms with Crippen molar-refractivity contribution < 1.29 is 0 Å². The molecule has 0 bridgehead atoms. The number of nitrogens with zero attached hydrogens (tertiary/aromatic N) is 1. The maximum absolute atomic E-state index is 11.7. The average molecular weight is 288 g/mol. The molecule has 114 valence electrons. The van der Waals surface area contributed by atoms with Crippen LogP contribution in [0.4, 0.5) is 5.82 Å². The van der Waals surface area contributed by atoms with Crippen LogP contribution < -0.4 is 16.2 Å². The lowest BCUT2D eigenvalue weighted by Gasteiger charge is -2.18. The van der Waals surface area contributed by atoms with Crippen LogP contribution in [0.15, 0.2) is 29.1 Å². The lowest BCUT2D eigenvalue weighted by molar-refractivity contribution is 0.380. The number of hydrogen-bond donors (Lipinski definition) is 3. The molecule has 0 unspecified atom stereocenters. The van der Waals surface area contributed by atoms with Crippen LogP contribution in [0.2, 0.25) is 0 Å². The summed E-state index contributed by atoms with van der Waals surface area (Å²) >= 11 is 0. The van der Waals surface area contributed by atoms with Gasteiger partial charge in [-0.25, -0.2) is 5.10 Å². The first-order valence-corrected chi connectivity index (χ1v) is 7.39. The van der Waals surface area contributed by atoms with Gasteiger partial charge in [-0.3, -0.25) is 4.79 Å². The van der Waals surface area contributed by atoms with E-state index in [1.807, 2.05) is 24.3 Å². The number of hydrogen-bond acceptors (Lipinski definition) is 4. The second-order valence-electron chi connectivity index (χ2n) is 6.46. The molecule has 0 aliphatic heterocycles. The molecule has 0 amide bonds. The first-order valence-electron chi connectivity index (χ1n) is 7.39. The van der Waals surface area contributed by atoms with Crippen LogP contribution in [0.1, 0.15) is 27.2 Å². The molecule has 5 nitrogen and oxygen atoms in total. The topological polar surface area (TPSA) is 69.8 Å². The van der Waals surface area contributed by atoms with Crippen molar-refractivity contribution in [2.75, 3.05) is 25.0 Å². The van der Waals surface area contributed by atoms with Crippen molar-refractivity contribution in [1.82, 2.24) is 15.5 Å². The minimum Gasteiger partial charge on any atom is -0.368 e. The Bertz CT molecular complexity index is 643. The number of H-pyrrole nitrogens is 1. The molecular formula is C16H24N4O. The molecule has 0 spiro atoms. The van der Waals surface area contributed by atoms with Gasteiger partial charge in [0, 0.05) is 11.9 Å². The van der Waals surface area contributed by atoms with E-state index < -0.39 is 0 Å². The predicted molar refractivity (Wildman–Crippen MR) is 87.8 cm³/mol. The molecular weight excluding hydrogens is 264 g/mol. The smallest absolute Gasteiger partial charge is 0.272 e. The van der Waals surface area contributed by atoms with Gasteiger partial charge in [0.1, 0.15) is 0 Å². The van der Waals surface area contributed by atoms with Crippen LogP contribution in [-0.4, -0.2) is 29.8 Å². The molecule has 0 saturated heterocycles. The summed E-state index contributed by atoms with van der Waals surface area (Å²) in [6.45, 7) is 9.44. The molecule has 1 heterocycles. The Morgan fingerprint density at radius 2 is 1.86 bits per heavy atom. The van der Waals surface area contributed by atoms with Crippen molar-refractivity contribution in [3.8, 4) is 0 Å². The summed E-state index contributed by atoms with van der Waals surface area (Å²) < 4.78 is 0. The first-order chi connectivity index (χ1) is 9.97. The van der Waals surface area contributed by atoms with Gasteiger partial charge < -0.3 is 10.6 Å². The number of aromatic nitrogens is 2. The van der Waals surface area contributed by atoms with Crippen LogP contribution in [0, 0.1) is 5.41 Å². The van der Waals surface area contributed by atoms with Gasteiger partial charge in [-0.1, -0.05) is 39.0 Å². The molecule has 0 fully saturated rings. The van der Waals surface area contributed by atoms with Crippen LogP contribution >= 0.6 is 0 Å². The number of aromatic amines is 1. The Labute approximate surface area is 125 Å². The van der Waals surface area contributed by atoms with Gasteiger partial charge in [0.05, 0.1) is 5.39 Å². The lowest BCUT2D eigenvalue weighted by Crippen LogP contribution is -2.28. The van der Waals surface area contributed by atoms with Crippen LogP contribution in [0.3, 0.4) is 0 Å². The van der Waals surface area contributed by atoms with E-state index in [0.717, 1.165) is 37.3 Å². The third-order valence-electron chi connectivity index (χ3n) is 3.17. The first kappa shape index (κ1) is 15.5. The number of benzene rings is 1. The number of anilines is 1. The average Bonchev–Trinajstić information content (AvgIpc) is 2.44. The van der Waals surface area contributed by atoms with E-state index in [2.05, 4.69) is 41.6 Å². The SMILES string of the molecule is CC(C)(C)CNCCCNc1n[nH]c(=O)c2ccccc12. The van der Waals surface area contributed by atoms with E-state index in [4.69, 9.17) is 0 Å². The van der Waals surface area contributed by atoms with Crippen LogP contribution in [-0.2, 0) is 0 Å². The monoisotopic (exact) mass is 288 g/mol. The highest BCUT2D eigenvalue weighted by Gasteiger charge is 2.08. The van der Waals surface area contributed by atoms with Crippen molar-refractivity contribution in [3.63, 3.8) is 0 Å². The summed E-state index contributed by atoms with van der Waals surface area (Å²) in [5.41, 5.74) is 0.160. The molecule has 2 rings (SSSR count). The lowest BCUT2D eigenvalue weighted by atomic mass is 9.97. The maximum Gasteiger partial charge on any atom is 0.272 e. The highest BCUT2D eigenvalue weighted by Crippen LogP contribution is 2.16. The van der Waals surface area contributed by atoms with Gasteiger partial charge in [-0.15, -0.1) is 0 Å². The fourth-order valence-corrected chi connectivity index (χ4v) is 2.13. The molecule has 0 aliphatic carbocycles. The summed E-state index contributed by atoms with van der Waals surface area (Å²) in [5, 5.41) is 14.9.